The van der Waals surface area contributed by atoms with E-state index in [1.807, 2.05) is 6.07 Å². The van der Waals surface area contributed by atoms with Crippen molar-refractivity contribution in [3.8, 4) is 11.5 Å². The van der Waals surface area contributed by atoms with Crippen molar-refractivity contribution in [1.82, 2.24) is 4.57 Å². The molecule has 2 heterocycles. The fourth-order valence-electron chi connectivity index (χ4n) is 4.20. The number of aromatic nitrogens is 1. The van der Waals surface area contributed by atoms with Crippen molar-refractivity contribution >= 4 is 40.7 Å². The average Bonchev–Trinajstić information content (AvgIpc) is 3.23. The highest BCUT2D eigenvalue weighted by atomic mass is 32.1. The lowest BCUT2D eigenvalue weighted by Crippen LogP contribution is -2.41. The van der Waals surface area contributed by atoms with Crippen LogP contribution in [0, 0.1) is 0 Å². The number of carbonyl (C=O) groups is 2. The van der Waals surface area contributed by atoms with Gasteiger partial charge in [0.05, 0.1) is 49.5 Å². The van der Waals surface area contributed by atoms with Gasteiger partial charge in [0.1, 0.15) is 22.0 Å². The van der Waals surface area contributed by atoms with Crippen LogP contribution in [0.5, 0.6) is 11.5 Å². The monoisotopic (exact) mass is 522 g/mol. The minimum absolute atomic E-state index is 0.0425. The summed E-state index contributed by atoms with van der Waals surface area (Å²) in [6.45, 7) is 1.77. The van der Waals surface area contributed by atoms with Gasteiger partial charge in [-0.25, -0.2) is 9.59 Å². The third kappa shape index (κ3) is 4.75. The first-order valence-electron chi connectivity index (χ1n) is 11.4. The van der Waals surface area contributed by atoms with E-state index in [-0.39, 0.29) is 28.2 Å². The Morgan fingerprint density at radius 2 is 1.68 bits per heavy atom. The van der Waals surface area contributed by atoms with E-state index in [1.165, 1.54) is 18.8 Å². The number of rotatable bonds is 7. The lowest BCUT2D eigenvalue weighted by molar-refractivity contribution is -0.136. The predicted molar refractivity (Wildman–Crippen MR) is 140 cm³/mol. The van der Waals surface area contributed by atoms with Gasteiger partial charge in [-0.05, 0) is 48.4 Å². The van der Waals surface area contributed by atoms with E-state index >= 15 is 0 Å². The van der Waals surface area contributed by atoms with E-state index < -0.39 is 23.4 Å². The van der Waals surface area contributed by atoms with E-state index in [0.29, 0.717) is 27.2 Å². The van der Waals surface area contributed by atoms with Crippen molar-refractivity contribution in [2.45, 2.75) is 12.8 Å². The molecule has 2 N–H and O–H groups in total. The molecule has 0 aliphatic carbocycles. The maximum absolute atomic E-state index is 13.6. The largest absolute Gasteiger partial charge is 0.497 e. The maximum Gasteiger partial charge on any atom is 0.338 e. The highest BCUT2D eigenvalue weighted by Gasteiger charge is 2.39. The molecule has 0 radical (unpaired) electrons. The van der Waals surface area contributed by atoms with Gasteiger partial charge in [0.15, 0.2) is 0 Å². The van der Waals surface area contributed by atoms with Gasteiger partial charge in [-0.3, -0.25) is 9.36 Å². The van der Waals surface area contributed by atoms with Gasteiger partial charge in [-0.2, -0.15) is 0 Å². The minimum Gasteiger partial charge on any atom is -0.497 e. The smallest absolute Gasteiger partial charge is 0.338 e. The van der Waals surface area contributed by atoms with E-state index in [9.17, 15) is 14.4 Å². The highest BCUT2D eigenvalue weighted by Crippen LogP contribution is 2.38. The van der Waals surface area contributed by atoms with Gasteiger partial charge in [0.25, 0.3) is 5.56 Å². The standard InChI is InChI=1S/C27H26N2O7S/c1-5-36-27(32)22-20(16-9-7-11-18(14-16)34-3)21(26(31)35-4)23(28)29-24(30)19(37-25(22)29)13-15-8-6-10-17(12-15)33-2/h6-14,20H,5,28H2,1-4H3. The number of ether oxygens (including phenoxy) is 4. The van der Waals surface area contributed by atoms with Crippen molar-refractivity contribution in [2.24, 2.45) is 5.73 Å². The Morgan fingerprint density at radius 3 is 2.32 bits per heavy atom. The Morgan fingerprint density at radius 1 is 1.00 bits per heavy atom. The number of hydrogen-bond acceptors (Lipinski definition) is 9. The molecule has 0 bridgehead atoms. The number of benzene rings is 2. The molecule has 3 aromatic rings. The second kappa shape index (κ2) is 10.8. The van der Waals surface area contributed by atoms with Gasteiger partial charge >= 0.3 is 11.9 Å². The highest BCUT2D eigenvalue weighted by molar-refractivity contribution is 7.07. The average molecular weight is 523 g/mol. The minimum atomic E-state index is -0.954. The number of hydrogen-bond donors (Lipinski definition) is 1. The zero-order valence-electron chi connectivity index (χ0n) is 20.8. The fourth-order valence-corrected chi connectivity index (χ4v) is 5.37. The van der Waals surface area contributed by atoms with Gasteiger partial charge in [0.2, 0.25) is 0 Å². The molecule has 0 saturated carbocycles. The number of carbonyl (C=O) groups excluding carboxylic acids is 2. The summed E-state index contributed by atoms with van der Waals surface area (Å²) in [5, 5.41) is 0. The van der Waals surface area contributed by atoms with Crippen LogP contribution >= 0.6 is 11.3 Å². The summed E-state index contributed by atoms with van der Waals surface area (Å²) in [7, 11) is 4.28. The third-order valence-electron chi connectivity index (χ3n) is 5.87. The van der Waals surface area contributed by atoms with Crippen LogP contribution in [0.15, 0.2) is 58.9 Å². The zero-order chi connectivity index (χ0) is 26.7. The summed E-state index contributed by atoms with van der Waals surface area (Å²) in [5.41, 5.74) is 7.33. The first-order valence-corrected chi connectivity index (χ1v) is 12.2. The number of thiazole rings is 1. The Bertz CT molecular complexity index is 1580. The number of methoxy groups -OCH3 is 3. The van der Waals surface area contributed by atoms with E-state index in [4.69, 9.17) is 24.7 Å². The van der Waals surface area contributed by atoms with Crippen LogP contribution in [0.25, 0.3) is 17.5 Å². The molecule has 10 heteroatoms. The molecule has 192 valence electrons. The second-order valence-corrected chi connectivity index (χ2v) is 9.00. The first-order chi connectivity index (χ1) is 17.8. The topological polar surface area (TPSA) is 119 Å². The maximum atomic E-state index is 13.6. The van der Waals surface area contributed by atoms with Gasteiger partial charge in [-0.1, -0.05) is 24.3 Å². The molecule has 1 aliphatic heterocycles. The van der Waals surface area contributed by atoms with Crippen LogP contribution in [0.1, 0.15) is 24.0 Å². The molecule has 1 atom stereocenters. The van der Waals surface area contributed by atoms with Gasteiger partial charge in [0, 0.05) is 0 Å². The van der Waals surface area contributed by atoms with Gasteiger partial charge in [-0.15, -0.1) is 11.3 Å². The van der Waals surface area contributed by atoms with Gasteiger partial charge < -0.3 is 24.7 Å². The van der Waals surface area contributed by atoms with Crippen molar-refractivity contribution in [2.75, 3.05) is 27.9 Å². The predicted octanol–water partition coefficient (Wildman–Crippen LogP) is 1.57. The lowest BCUT2D eigenvalue weighted by atomic mass is 9.83. The molecule has 1 aliphatic rings. The quantitative estimate of drug-likeness (QED) is 0.465. The van der Waals surface area contributed by atoms with E-state index in [0.717, 1.165) is 11.3 Å². The van der Waals surface area contributed by atoms with Crippen molar-refractivity contribution in [1.29, 1.82) is 0 Å². The molecule has 0 fully saturated rings. The molecular weight excluding hydrogens is 496 g/mol. The van der Waals surface area contributed by atoms with Crippen molar-refractivity contribution in [3.05, 3.63) is 84.8 Å². The molecule has 0 spiro atoms. The lowest BCUT2D eigenvalue weighted by Gasteiger charge is -2.27. The van der Waals surface area contributed by atoms with Crippen molar-refractivity contribution < 1.29 is 28.5 Å². The molecule has 0 amide bonds. The van der Waals surface area contributed by atoms with Crippen LogP contribution in [0.4, 0.5) is 0 Å². The summed E-state index contributed by atoms with van der Waals surface area (Å²) in [5.74, 6) is -1.37. The van der Waals surface area contributed by atoms with Crippen LogP contribution < -0.4 is 30.0 Å². The normalized spacial score (nSPS) is 15.3. The molecular formula is C27H26N2O7S. The summed E-state index contributed by atoms with van der Waals surface area (Å²) < 4.78 is 22.8. The molecule has 2 aromatic carbocycles. The van der Waals surface area contributed by atoms with Crippen LogP contribution in [-0.4, -0.2) is 44.4 Å². The van der Waals surface area contributed by atoms with Crippen molar-refractivity contribution in [3.63, 3.8) is 0 Å². The van der Waals surface area contributed by atoms with Crippen LogP contribution in [-0.2, 0) is 19.1 Å². The number of fused-ring (bicyclic) bond motifs is 1. The van der Waals surface area contributed by atoms with Crippen LogP contribution in [0.2, 0.25) is 0 Å². The summed E-state index contributed by atoms with van der Waals surface area (Å²) in [4.78, 5) is 40.0. The Balaban J connectivity index is 2.11. The fraction of sp³-hybridized carbons (Fsp3) is 0.222. The summed E-state index contributed by atoms with van der Waals surface area (Å²) in [6, 6.07) is 14.1. The summed E-state index contributed by atoms with van der Waals surface area (Å²) in [6.07, 6.45) is 1.68. The number of nitrogens with two attached hydrogens (primary N) is 1. The molecule has 1 unspecified atom stereocenters. The van der Waals surface area contributed by atoms with Crippen LogP contribution in [0.3, 0.4) is 0 Å². The Hall–Kier alpha value is -4.31. The molecule has 9 nitrogen and oxygen atoms in total. The first kappa shape index (κ1) is 25.8. The summed E-state index contributed by atoms with van der Waals surface area (Å²) >= 11 is 1.08. The number of esters is 2. The molecule has 1 aromatic heterocycles. The Labute approximate surface area is 216 Å². The third-order valence-corrected chi connectivity index (χ3v) is 6.98. The zero-order valence-corrected chi connectivity index (χ0v) is 21.6. The number of nitrogens with zero attached hydrogens (tertiary/aromatic N) is 1. The van der Waals surface area contributed by atoms with E-state index in [1.54, 1.807) is 62.6 Å². The second-order valence-electron chi connectivity index (χ2n) is 7.97. The molecule has 4 rings (SSSR count). The SMILES string of the molecule is CCOC(=O)C1=c2sc(=Cc3cccc(OC)c3)c(=O)n2C(N)=C(C(=O)OC)C1c1cccc(OC)c1. The molecule has 0 saturated heterocycles. The van der Waals surface area contributed by atoms with E-state index in [2.05, 4.69) is 0 Å². The molecule has 37 heavy (non-hydrogen) atoms. The Kier molecular flexibility index (Phi) is 7.49.